The fourth-order valence-corrected chi connectivity index (χ4v) is 5.17. The van der Waals surface area contributed by atoms with E-state index in [1.807, 2.05) is 46.8 Å². The third-order valence-electron chi connectivity index (χ3n) is 5.03. The van der Waals surface area contributed by atoms with Crippen LogP contribution in [0.5, 0.6) is 0 Å². The molecule has 0 bridgehead atoms. The molecule has 3 atom stereocenters. The number of carbonyl (C=O) groups excluding carboxylic acids is 2. The highest BCUT2D eigenvalue weighted by Crippen LogP contribution is 2.33. The second-order valence-electron chi connectivity index (χ2n) is 6.93. The minimum absolute atomic E-state index is 0.0400. The van der Waals surface area contributed by atoms with E-state index in [9.17, 15) is 9.59 Å². The highest BCUT2D eigenvalue weighted by molar-refractivity contribution is 8.00. The van der Waals surface area contributed by atoms with Gasteiger partial charge in [-0.15, -0.1) is 0 Å². The van der Waals surface area contributed by atoms with Crippen LogP contribution in [0.25, 0.3) is 5.69 Å². The summed E-state index contributed by atoms with van der Waals surface area (Å²) in [6, 6.07) is 8.17. The van der Waals surface area contributed by atoms with E-state index >= 15 is 0 Å². The van der Waals surface area contributed by atoms with Gasteiger partial charge in [-0.25, -0.2) is 9.78 Å². The normalized spacial score (nSPS) is 23.6. The number of thioether (sulfide) groups is 1. The van der Waals surface area contributed by atoms with E-state index < -0.39 is 0 Å². The Bertz CT molecular complexity index is 793. The third-order valence-corrected chi connectivity index (χ3v) is 6.54. The minimum Gasteiger partial charge on any atom is -0.332 e. The molecule has 3 amide bonds. The Morgan fingerprint density at radius 2 is 2.11 bits per heavy atom. The molecule has 0 unspecified atom stereocenters. The first-order valence-electron chi connectivity index (χ1n) is 9.26. The molecular formula is C19H23N5O2S. The highest BCUT2D eigenvalue weighted by Gasteiger charge is 2.42. The molecular weight excluding hydrogens is 362 g/mol. The van der Waals surface area contributed by atoms with Crippen LogP contribution in [-0.4, -0.2) is 44.6 Å². The maximum absolute atomic E-state index is 12.1. The van der Waals surface area contributed by atoms with Crippen molar-refractivity contribution in [2.75, 3.05) is 11.1 Å². The molecule has 2 aliphatic heterocycles. The Morgan fingerprint density at radius 3 is 2.89 bits per heavy atom. The van der Waals surface area contributed by atoms with Gasteiger partial charge in [-0.3, -0.25) is 4.79 Å². The van der Waals surface area contributed by atoms with E-state index in [4.69, 9.17) is 0 Å². The van der Waals surface area contributed by atoms with Crippen molar-refractivity contribution in [3.8, 4) is 5.69 Å². The quantitative estimate of drug-likeness (QED) is 0.505. The molecule has 0 aliphatic carbocycles. The first kappa shape index (κ1) is 17.9. The Kier molecular flexibility index (Phi) is 5.33. The third kappa shape index (κ3) is 4.27. The molecule has 142 valence electrons. The number of rotatable bonds is 7. The number of fused-ring (bicyclic) bond motifs is 1. The molecule has 3 N–H and O–H groups in total. The number of imidazole rings is 1. The fraction of sp³-hybridized carbons (Fsp3) is 0.421. The zero-order valence-electron chi connectivity index (χ0n) is 14.9. The molecule has 2 aliphatic rings. The number of hydrogen-bond acceptors (Lipinski definition) is 4. The largest absolute Gasteiger partial charge is 0.332 e. The van der Waals surface area contributed by atoms with Crippen molar-refractivity contribution in [2.45, 2.75) is 43.0 Å². The van der Waals surface area contributed by atoms with Gasteiger partial charge in [-0.05, 0) is 37.1 Å². The molecule has 1 aromatic carbocycles. The predicted octanol–water partition coefficient (Wildman–Crippen LogP) is 2.54. The van der Waals surface area contributed by atoms with Crippen LogP contribution in [0.2, 0.25) is 0 Å². The van der Waals surface area contributed by atoms with Gasteiger partial charge in [0.15, 0.2) is 0 Å². The molecule has 2 aromatic rings. The van der Waals surface area contributed by atoms with Crippen molar-refractivity contribution >= 4 is 29.4 Å². The summed E-state index contributed by atoms with van der Waals surface area (Å²) in [5.41, 5.74) is 1.81. The predicted molar refractivity (Wildman–Crippen MR) is 106 cm³/mol. The van der Waals surface area contributed by atoms with Gasteiger partial charge in [-0.2, -0.15) is 11.8 Å². The SMILES string of the molecule is O=C(CCCC[C@@H]1SC[C@@H]2NC(=O)N[C@@H]21)Nc1ccc(-n2ccnc2)cc1. The molecule has 8 heteroatoms. The average Bonchev–Trinajstić information content (AvgIpc) is 3.38. The van der Waals surface area contributed by atoms with Gasteiger partial charge in [0, 0.05) is 41.2 Å². The van der Waals surface area contributed by atoms with Crippen molar-refractivity contribution in [3.63, 3.8) is 0 Å². The van der Waals surface area contributed by atoms with Gasteiger partial charge in [0.2, 0.25) is 5.91 Å². The lowest BCUT2D eigenvalue weighted by atomic mass is 10.0. The minimum atomic E-state index is -0.0475. The molecule has 27 heavy (non-hydrogen) atoms. The summed E-state index contributed by atoms with van der Waals surface area (Å²) >= 11 is 1.91. The van der Waals surface area contributed by atoms with Crippen LogP contribution in [0.1, 0.15) is 25.7 Å². The number of urea groups is 1. The van der Waals surface area contributed by atoms with Crippen LogP contribution >= 0.6 is 11.8 Å². The summed E-state index contributed by atoms with van der Waals surface area (Å²) in [6.45, 7) is 0. The fourth-order valence-electron chi connectivity index (χ4n) is 3.63. The first-order chi connectivity index (χ1) is 13.2. The Labute approximate surface area is 162 Å². The number of hydrogen-bond donors (Lipinski definition) is 3. The number of amides is 3. The van der Waals surface area contributed by atoms with Crippen molar-refractivity contribution in [3.05, 3.63) is 43.0 Å². The monoisotopic (exact) mass is 385 g/mol. The highest BCUT2D eigenvalue weighted by atomic mass is 32.2. The Balaban J connectivity index is 1.17. The van der Waals surface area contributed by atoms with Crippen LogP contribution < -0.4 is 16.0 Å². The molecule has 0 saturated carbocycles. The number of benzene rings is 1. The van der Waals surface area contributed by atoms with Crippen molar-refractivity contribution < 1.29 is 9.59 Å². The van der Waals surface area contributed by atoms with E-state index in [1.54, 1.807) is 12.5 Å². The molecule has 1 aromatic heterocycles. The molecule has 0 radical (unpaired) electrons. The number of aromatic nitrogens is 2. The van der Waals surface area contributed by atoms with Gasteiger partial charge < -0.3 is 20.5 Å². The van der Waals surface area contributed by atoms with Crippen LogP contribution in [0.3, 0.4) is 0 Å². The molecule has 2 fully saturated rings. The van der Waals surface area contributed by atoms with Crippen LogP contribution in [0.4, 0.5) is 10.5 Å². The van der Waals surface area contributed by atoms with Crippen molar-refractivity contribution in [1.29, 1.82) is 0 Å². The van der Waals surface area contributed by atoms with Gasteiger partial charge >= 0.3 is 6.03 Å². The van der Waals surface area contributed by atoms with Crippen LogP contribution in [-0.2, 0) is 4.79 Å². The standard InChI is InChI=1S/C19H23N5O2S/c25-17(21-13-5-7-14(8-6-13)24-10-9-20-12-24)4-2-1-3-16-18-15(11-27-16)22-19(26)23-18/h5-10,12,15-16,18H,1-4,11H2,(H,21,25)(H2,22,23,26)/t15-,16-,18-/m0/s1. The topological polar surface area (TPSA) is 88.0 Å². The number of carbonyl (C=O) groups is 2. The summed E-state index contributed by atoms with van der Waals surface area (Å²) in [6.07, 6.45) is 8.74. The molecule has 7 nitrogen and oxygen atoms in total. The number of nitrogens with zero attached hydrogens (tertiary/aromatic N) is 2. The first-order valence-corrected chi connectivity index (χ1v) is 10.3. The molecule has 3 heterocycles. The van der Waals surface area contributed by atoms with E-state index in [0.29, 0.717) is 11.7 Å². The lowest BCUT2D eigenvalue weighted by Crippen LogP contribution is -2.36. The number of anilines is 1. The maximum atomic E-state index is 12.1. The zero-order chi connectivity index (χ0) is 18.6. The van der Waals surface area contributed by atoms with Gasteiger partial charge in [0.05, 0.1) is 18.4 Å². The molecule has 4 rings (SSSR count). The lowest BCUT2D eigenvalue weighted by molar-refractivity contribution is -0.116. The smallest absolute Gasteiger partial charge is 0.315 e. The van der Waals surface area contributed by atoms with E-state index in [1.165, 1.54) is 0 Å². The van der Waals surface area contributed by atoms with Crippen molar-refractivity contribution in [1.82, 2.24) is 20.2 Å². The van der Waals surface area contributed by atoms with E-state index in [0.717, 1.165) is 36.4 Å². The van der Waals surface area contributed by atoms with Gasteiger partial charge in [0.1, 0.15) is 0 Å². The Morgan fingerprint density at radius 1 is 1.26 bits per heavy atom. The summed E-state index contributed by atoms with van der Waals surface area (Å²) in [4.78, 5) is 27.6. The zero-order valence-corrected chi connectivity index (χ0v) is 15.7. The summed E-state index contributed by atoms with van der Waals surface area (Å²) in [5.74, 6) is 1.02. The summed E-state index contributed by atoms with van der Waals surface area (Å²) in [5, 5.41) is 9.36. The van der Waals surface area contributed by atoms with Crippen LogP contribution in [0.15, 0.2) is 43.0 Å². The maximum Gasteiger partial charge on any atom is 0.315 e. The van der Waals surface area contributed by atoms with Gasteiger partial charge in [-0.1, -0.05) is 6.42 Å². The van der Waals surface area contributed by atoms with Crippen LogP contribution in [0, 0.1) is 0 Å². The van der Waals surface area contributed by atoms with Crippen molar-refractivity contribution in [2.24, 2.45) is 0 Å². The van der Waals surface area contributed by atoms with Gasteiger partial charge in [0.25, 0.3) is 0 Å². The lowest BCUT2D eigenvalue weighted by Gasteiger charge is -2.16. The van der Waals surface area contributed by atoms with E-state index in [-0.39, 0.29) is 24.0 Å². The summed E-state index contributed by atoms with van der Waals surface area (Å²) in [7, 11) is 0. The summed E-state index contributed by atoms with van der Waals surface area (Å²) < 4.78 is 1.92. The molecule has 0 spiro atoms. The van der Waals surface area contributed by atoms with E-state index in [2.05, 4.69) is 20.9 Å². The second-order valence-corrected chi connectivity index (χ2v) is 8.20. The Hall–Kier alpha value is -2.48. The molecule has 2 saturated heterocycles. The number of unbranched alkanes of at least 4 members (excludes halogenated alkanes) is 1. The second kappa shape index (κ2) is 8.04. The average molecular weight is 385 g/mol. The number of nitrogens with one attached hydrogen (secondary N) is 3.